The van der Waals surface area contributed by atoms with Crippen LogP contribution < -0.4 is 11.1 Å². The van der Waals surface area contributed by atoms with Gasteiger partial charge in [0.15, 0.2) is 11.5 Å². The number of nitrogens with two attached hydrogens (primary N) is 1. The molecule has 0 fully saturated rings. The van der Waals surface area contributed by atoms with Crippen LogP contribution in [0.15, 0.2) is 29.1 Å². The second-order valence-corrected chi connectivity index (χ2v) is 5.90. The van der Waals surface area contributed by atoms with Crippen molar-refractivity contribution in [1.82, 2.24) is 25.3 Å². The van der Waals surface area contributed by atoms with Gasteiger partial charge in [-0.3, -0.25) is 9.78 Å². The zero-order valence-corrected chi connectivity index (χ0v) is 14.8. The molecule has 1 amide bonds. The van der Waals surface area contributed by atoms with E-state index in [0.29, 0.717) is 22.6 Å². The molecule has 8 nitrogen and oxygen atoms in total. The molecule has 0 atom stereocenters. The van der Waals surface area contributed by atoms with Crippen molar-refractivity contribution in [3.8, 4) is 11.6 Å². The molecule has 0 aliphatic carbocycles. The van der Waals surface area contributed by atoms with E-state index in [1.165, 1.54) is 19.4 Å². The lowest BCUT2D eigenvalue weighted by molar-refractivity contribution is -0.137. The molecule has 3 N–H and O–H groups in total. The molecule has 0 aliphatic heterocycles. The summed E-state index contributed by atoms with van der Waals surface area (Å²) in [5, 5.41) is 2.53. The fraction of sp³-hybridized carbons (Fsp3) is 0.235. The van der Waals surface area contributed by atoms with Crippen LogP contribution in [0.25, 0.3) is 11.6 Å². The van der Waals surface area contributed by atoms with E-state index in [2.05, 4.69) is 25.3 Å². The van der Waals surface area contributed by atoms with Crippen LogP contribution in [0.1, 0.15) is 33.0 Å². The van der Waals surface area contributed by atoms with Crippen molar-refractivity contribution in [1.29, 1.82) is 0 Å². The zero-order chi connectivity index (χ0) is 20.5. The van der Waals surface area contributed by atoms with Gasteiger partial charge in [0.05, 0.1) is 29.7 Å². The highest BCUT2D eigenvalue weighted by atomic mass is 19.4. The van der Waals surface area contributed by atoms with Gasteiger partial charge in [-0.15, -0.1) is 0 Å². The van der Waals surface area contributed by atoms with Gasteiger partial charge in [-0.1, -0.05) is 0 Å². The lowest BCUT2D eigenvalue weighted by Crippen LogP contribution is -2.27. The minimum absolute atomic E-state index is 0.0928. The molecule has 28 heavy (non-hydrogen) atoms. The molecule has 0 radical (unpaired) electrons. The van der Waals surface area contributed by atoms with E-state index in [0.717, 1.165) is 12.3 Å². The van der Waals surface area contributed by atoms with Crippen molar-refractivity contribution in [3.63, 3.8) is 0 Å². The Morgan fingerprint density at radius 2 is 2.00 bits per heavy atom. The first-order valence-corrected chi connectivity index (χ1v) is 8.01. The quantitative estimate of drug-likeness (QED) is 0.700. The summed E-state index contributed by atoms with van der Waals surface area (Å²) in [6.07, 6.45) is -0.955. The summed E-state index contributed by atoms with van der Waals surface area (Å²) in [5.41, 5.74) is 6.13. The maximum atomic E-state index is 12.7. The Labute approximate surface area is 157 Å². The van der Waals surface area contributed by atoms with Gasteiger partial charge < -0.3 is 15.5 Å². The number of nitrogens with zero attached hydrogens (tertiary/aromatic N) is 4. The van der Waals surface area contributed by atoms with Crippen LogP contribution in [0.3, 0.4) is 0 Å². The third-order valence-corrected chi connectivity index (χ3v) is 3.88. The number of nitrogens with one attached hydrogen (secondary N) is 1. The van der Waals surface area contributed by atoms with Crippen molar-refractivity contribution in [3.05, 3.63) is 52.9 Å². The summed E-state index contributed by atoms with van der Waals surface area (Å²) in [6.45, 7) is 3.00. The SMILES string of the molecule is Cc1cc(C(F)(F)F)cnc1CNC(=O)c1nc(C)c(-c2ncco2)nc1N. The highest BCUT2D eigenvalue weighted by Gasteiger charge is 2.31. The number of carbonyl (C=O) groups is 1. The summed E-state index contributed by atoms with van der Waals surface area (Å²) in [7, 11) is 0. The summed E-state index contributed by atoms with van der Waals surface area (Å²) < 4.78 is 43.3. The smallest absolute Gasteiger partial charge is 0.417 e. The van der Waals surface area contributed by atoms with E-state index in [-0.39, 0.29) is 23.9 Å². The standard InChI is InChI=1S/C17H15F3N6O2/c1-8-5-10(17(18,19)20)6-23-11(8)7-24-15(27)13-14(21)26-12(9(2)25-13)16-22-3-4-28-16/h3-6H,7H2,1-2H3,(H2,21,26)(H,24,27). The van der Waals surface area contributed by atoms with Crippen molar-refractivity contribution < 1.29 is 22.4 Å². The number of rotatable bonds is 4. The molecule has 0 aliphatic rings. The largest absolute Gasteiger partial charge is 0.443 e. The maximum absolute atomic E-state index is 12.7. The summed E-state index contributed by atoms with van der Waals surface area (Å²) in [6, 6.07) is 0.970. The van der Waals surface area contributed by atoms with E-state index >= 15 is 0 Å². The second-order valence-electron chi connectivity index (χ2n) is 5.90. The fourth-order valence-electron chi connectivity index (χ4n) is 2.43. The van der Waals surface area contributed by atoms with Gasteiger partial charge in [0.2, 0.25) is 5.89 Å². The number of pyridine rings is 1. The summed E-state index contributed by atoms with van der Waals surface area (Å²) >= 11 is 0. The molecule has 3 heterocycles. The second kappa shape index (κ2) is 7.25. The lowest BCUT2D eigenvalue weighted by Gasteiger charge is -2.12. The molecule has 146 valence electrons. The number of oxazole rings is 1. The van der Waals surface area contributed by atoms with Crippen LogP contribution in [-0.2, 0) is 12.7 Å². The Hall–Kier alpha value is -3.50. The number of halogens is 3. The Morgan fingerprint density at radius 1 is 1.25 bits per heavy atom. The van der Waals surface area contributed by atoms with Crippen molar-refractivity contribution in [2.45, 2.75) is 26.6 Å². The van der Waals surface area contributed by atoms with Crippen LogP contribution in [0.2, 0.25) is 0 Å². The summed E-state index contributed by atoms with van der Waals surface area (Å²) in [5.74, 6) is -0.546. The highest BCUT2D eigenvalue weighted by Crippen LogP contribution is 2.29. The fourth-order valence-corrected chi connectivity index (χ4v) is 2.43. The van der Waals surface area contributed by atoms with Crippen LogP contribution in [0.4, 0.5) is 19.0 Å². The van der Waals surface area contributed by atoms with E-state index < -0.39 is 17.6 Å². The monoisotopic (exact) mass is 392 g/mol. The number of aromatic nitrogens is 4. The number of anilines is 1. The molecule has 0 unspecified atom stereocenters. The Bertz CT molecular complexity index is 1020. The molecule has 0 saturated heterocycles. The number of amides is 1. The van der Waals surface area contributed by atoms with Gasteiger partial charge >= 0.3 is 6.18 Å². The third kappa shape index (κ3) is 3.92. The molecular formula is C17H15F3N6O2. The molecule has 11 heteroatoms. The van der Waals surface area contributed by atoms with Crippen LogP contribution in [0.5, 0.6) is 0 Å². The van der Waals surface area contributed by atoms with Crippen molar-refractivity contribution in [2.24, 2.45) is 0 Å². The molecular weight excluding hydrogens is 377 g/mol. The topological polar surface area (TPSA) is 120 Å². The van der Waals surface area contributed by atoms with E-state index in [9.17, 15) is 18.0 Å². The average Bonchev–Trinajstić information content (AvgIpc) is 3.15. The average molecular weight is 392 g/mol. The molecule has 3 aromatic heterocycles. The molecule has 0 saturated carbocycles. The molecule has 0 aromatic carbocycles. The minimum Gasteiger partial charge on any atom is -0.443 e. The van der Waals surface area contributed by atoms with E-state index in [1.807, 2.05) is 0 Å². The number of hydrogen-bond acceptors (Lipinski definition) is 7. The maximum Gasteiger partial charge on any atom is 0.417 e. The Morgan fingerprint density at radius 3 is 2.61 bits per heavy atom. The number of carbonyl (C=O) groups excluding carboxylic acids is 1. The van der Waals surface area contributed by atoms with Gasteiger partial charge in [0.25, 0.3) is 5.91 Å². The van der Waals surface area contributed by atoms with Crippen molar-refractivity contribution in [2.75, 3.05) is 5.73 Å². The van der Waals surface area contributed by atoms with E-state index in [4.69, 9.17) is 10.2 Å². The Kier molecular flexibility index (Phi) is 4.99. The normalized spacial score (nSPS) is 11.5. The van der Waals surface area contributed by atoms with Gasteiger partial charge in [0, 0.05) is 6.20 Å². The first-order chi connectivity index (χ1) is 13.2. The van der Waals surface area contributed by atoms with E-state index in [1.54, 1.807) is 6.92 Å². The van der Waals surface area contributed by atoms with Crippen LogP contribution >= 0.6 is 0 Å². The lowest BCUT2D eigenvalue weighted by atomic mass is 10.1. The zero-order valence-electron chi connectivity index (χ0n) is 14.8. The molecule has 0 bridgehead atoms. The van der Waals surface area contributed by atoms with Crippen LogP contribution in [0, 0.1) is 13.8 Å². The van der Waals surface area contributed by atoms with Gasteiger partial charge in [-0.2, -0.15) is 13.2 Å². The van der Waals surface area contributed by atoms with Gasteiger partial charge in [-0.05, 0) is 25.5 Å². The van der Waals surface area contributed by atoms with Gasteiger partial charge in [-0.25, -0.2) is 15.0 Å². The first-order valence-electron chi connectivity index (χ1n) is 8.01. The van der Waals surface area contributed by atoms with Crippen LogP contribution in [-0.4, -0.2) is 25.8 Å². The number of aryl methyl sites for hydroxylation is 2. The molecule has 3 rings (SSSR count). The first kappa shape index (κ1) is 19.3. The Balaban J connectivity index is 1.76. The third-order valence-electron chi connectivity index (χ3n) is 3.88. The highest BCUT2D eigenvalue weighted by molar-refractivity contribution is 5.96. The minimum atomic E-state index is -4.48. The number of hydrogen-bond donors (Lipinski definition) is 2. The summed E-state index contributed by atoms with van der Waals surface area (Å²) in [4.78, 5) is 28.4. The number of alkyl halides is 3. The van der Waals surface area contributed by atoms with Crippen molar-refractivity contribution >= 4 is 11.7 Å². The number of nitrogen functional groups attached to an aromatic ring is 1. The molecule has 0 spiro atoms. The molecule has 3 aromatic rings. The van der Waals surface area contributed by atoms with Gasteiger partial charge in [0.1, 0.15) is 12.0 Å². The predicted molar refractivity (Wildman–Crippen MR) is 91.8 cm³/mol. The predicted octanol–water partition coefficient (Wildman–Crippen LogP) is 2.67.